The minimum absolute atomic E-state index is 0.110. The molecule has 2 aromatic rings. The van der Waals surface area contributed by atoms with E-state index in [-0.39, 0.29) is 22.5 Å². The molecule has 0 radical (unpaired) electrons. The van der Waals surface area contributed by atoms with E-state index in [0.29, 0.717) is 17.0 Å². The van der Waals surface area contributed by atoms with Gasteiger partial charge in [0.1, 0.15) is 5.75 Å². The van der Waals surface area contributed by atoms with E-state index in [1.807, 2.05) is 6.92 Å². The molecule has 1 amide bonds. The Balaban J connectivity index is 1.70. The van der Waals surface area contributed by atoms with Crippen molar-refractivity contribution < 1.29 is 23.9 Å². The summed E-state index contributed by atoms with van der Waals surface area (Å²) >= 11 is 1.43. The molecule has 0 aromatic heterocycles. The molecule has 0 saturated carbocycles. The third kappa shape index (κ3) is 4.14. The van der Waals surface area contributed by atoms with Crippen molar-refractivity contribution in [3.8, 4) is 5.75 Å². The van der Waals surface area contributed by atoms with Gasteiger partial charge >= 0.3 is 5.97 Å². The molecular formula is C20H19NO5S. The van der Waals surface area contributed by atoms with Gasteiger partial charge in [-0.05, 0) is 56.3 Å². The number of benzene rings is 2. The van der Waals surface area contributed by atoms with Crippen LogP contribution in [0, 0.1) is 0 Å². The quantitative estimate of drug-likeness (QED) is 0.626. The number of ketones is 1. The Morgan fingerprint density at radius 2 is 1.78 bits per heavy atom. The van der Waals surface area contributed by atoms with Crippen LogP contribution >= 0.6 is 11.8 Å². The molecule has 0 aliphatic carbocycles. The number of rotatable bonds is 5. The summed E-state index contributed by atoms with van der Waals surface area (Å²) in [4.78, 5) is 37.5. The third-order valence-electron chi connectivity index (χ3n) is 4.17. The standard InChI is InChI=1S/C20H19NO5S/c1-11(18(22)13-4-7-15(25-3)8-5-13)26-20(24)14-6-9-17-16(10-14)21-19(23)12(2)27-17/h4-12H,1-3H3,(H,21,23)/t11-,12-/m0/s1. The molecule has 0 saturated heterocycles. The van der Waals surface area contributed by atoms with E-state index in [9.17, 15) is 14.4 Å². The Labute approximate surface area is 161 Å². The largest absolute Gasteiger partial charge is 0.497 e. The minimum atomic E-state index is -0.939. The van der Waals surface area contributed by atoms with Gasteiger partial charge in [-0.3, -0.25) is 9.59 Å². The number of hydrogen-bond donors (Lipinski definition) is 1. The fourth-order valence-electron chi connectivity index (χ4n) is 2.61. The Kier molecular flexibility index (Phi) is 5.51. The summed E-state index contributed by atoms with van der Waals surface area (Å²) in [5.74, 6) is -0.396. The topological polar surface area (TPSA) is 81.7 Å². The van der Waals surface area contributed by atoms with Crippen LogP contribution in [0.4, 0.5) is 5.69 Å². The maximum Gasteiger partial charge on any atom is 0.338 e. The van der Waals surface area contributed by atoms with Gasteiger partial charge in [0.15, 0.2) is 6.10 Å². The van der Waals surface area contributed by atoms with Gasteiger partial charge in [0, 0.05) is 10.5 Å². The van der Waals surface area contributed by atoms with Crippen molar-refractivity contribution >= 4 is 35.1 Å². The molecule has 1 aliphatic heterocycles. The molecule has 27 heavy (non-hydrogen) atoms. The van der Waals surface area contributed by atoms with E-state index < -0.39 is 12.1 Å². The van der Waals surface area contributed by atoms with Crippen molar-refractivity contribution in [2.24, 2.45) is 0 Å². The lowest BCUT2D eigenvalue weighted by atomic mass is 10.1. The van der Waals surface area contributed by atoms with Gasteiger partial charge in [0.05, 0.1) is 23.6 Å². The first-order valence-corrected chi connectivity index (χ1v) is 9.28. The summed E-state index contributed by atoms with van der Waals surface area (Å²) in [7, 11) is 1.54. The molecule has 140 valence electrons. The van der Waals surface area contributed by atoms with E-state index in [2.05, 4.69) is 5.32 Å². The van der Waals surface area contributed by atoms with Crippen LogP contribution in [0.2, 0.25) is 0 Å². The summed E-state index contributed by atoms with van der Waals surface area (Å²) in [6.45, 7) is 3.35. The van der Waals surface area contributed by atoms with Crippen LogP contribution in [-0.2, 0) is 9.53 Å². The smallest absolute Gasteiger partial charge is 0.338 e. The molecule has 0 unspecified atom stereocenters. The maximum atomic E-state index is 12.4. The number of thioether (sulfide) groups is 1. The van der Waals surface area contributed by atoms with Gasteiger partial charge in [0.2, 0.25) is 11.7 Å². The molecule has 2 aromatic carbocycles. The molecule has 1 aliphatic rings. The highest BCUT2D eigenvalue weighted by atomic mass is 32.2. The van der Waals surface area contributed by atoms with Crippen LogP contribution in [0.1, 0.15) is 34.6 Å². The number of carbonyl (C=O) groups excluding carboxylic acids is 3. The number of nitrogens with one attached hydrogen (secondary N) is 1. The first kappa shape index (κ1) is 19.0. The Bertz CT molecular complexity index is 894. The second kappa shape index (κ2) is 7.84. The zero-order valence-electron chi connectivity index (χ0n) is 15.1. The molecule has 0 fully saturated rings. The number of hydrogen-bond acceptors (Lipinski definition) is 6. The fraction of sp³-hybridized carbons (Fsp3) is 0.250. The number of carbonyl (C=O) groups is 3. The molecule has 6 nitrogen and oxygen atoms in total. The summed E-state index contributed by atoms with van der Waals surface area (Å²) in [5, 5.41) is 2.59. The summed E-state index contributed by atoms with van der Waals surface area (Å²) in [5.41, 5.74) is 1.28. The molecule has 1 heterocycles. The zero-order valence-corrected chi connectivity index (χ0v) is 16.0. The lowest BCUT2D eigenvalue weighted by Crippen LogP contribution is -2.27. The molecule has 0 spiro atoms. The van der Waals surface area contributed by atoms with E-state index in [1.165, 1.54) is 18.7 Å². The van der Waals surface area contributed by atoms with Crippen LogP contribution < -0.4 is 10.1 Å². The van der Waals surface area contributed by atoms with Crippen LogP contribution in [0.15, 0.2) is 47.4 Å². The highest BCUT2D eigenvalue weighted by molar-refractivity contribution is 8.00. The van der Waals surface area contributed by atoms with Gasteiger partial charge in [-0.2, -0.15) is 0 Å². The van der Waals surface area contributed by atoms with Crippen LogP contribution in [0.3, 0.4) is 0 Å². The zero-order chi connectivity index (χ0) is 19.6. The normalized spacial score (nSPS) is 16.7. The number of esters is 1. The number of anilines is 1. The second-order valence-corrected chi connectivity index (χ2v) is 7.48. The van der Waals surface area contributed by atoms with E-state index in [0.717, 1.165) is 4.90 Å². The Hall–Kier alpha value is -2.80. The first-order chi connectivity index (χ1) is 12.9. The van der Waals surface area contributed by atoms with Gasteiger partial charge in [0.25, 0.3) is 0 Å². The monoisotopic (exact) mass is 385 g/mol. The van der Waals surface area contributed by atoms with Crippen molar-refractivity contribution in [2.45, 2.75) is 30.1 Å². The number of ether oxygens (including phenoxy) is 2. The molecule has 7 heteroatoms. The minimum Gasteiger partial charge on any atom is -0.497 e. The van der Waals surface area contributed by atoms with Gasteiger partial charge in [-0.15, -0.1) is 11.8 Å². The molecule has 2 atom stereocenters. The van der Waals surface area contributed by atoms with Crippen molar-refractivity contribution in [2.75, 3.05) is 12.4 Å². The van der Waals surface area contributed by atoms with Crippen LogP contribution in [-0.4, -0.2) is 36.1 Å². The van der Waals surface area contributed by atoms with Crippen molar-refractivity contribution in [1.82, 2.24) is 0 Å². The van der Waals surface area contributed by atoms with Crippen molar-refractivity contribution in [3.05, 3.63) is 53.6 Å². The summed E-state index contributed by atoms with van der Waals surface area (Å²) < 4.78 is 10.4. The van der Waals surface area contributed by atoms with Crippen molar-refractivity contribution in [3.63, 3.8) is 0 Å². The number of Topliss-reactive ketones (excluding diaryl/α,β-unsaturated/α-hetero) is 1. The molecule has 0 bridgehead atoms. The maximum absolute atomic E-state index is 12.4. The SMILES string of the molecule is COc1ccc(C(=O)[C@H](C)OC(=O)c2ccc3c(c2)NC(=O)[C@H](C)S3)cc1. The van der Waals surface area contributed by atoms with Crippen LogP contribution in [0.25, 0.3) is 0 Å². The summed E-state index contributed by atoms with van der Waals surface area (Å²) in [6, 6.07) is 11.6. The van der Waals surface area contributed by atoms with E-state index >= 15 is 0 Å². The second-order valence-electron chi connectivity index (χ2n) is 6.10. The first-order valence-electron chi connectivity index (χ1n) is 8.40. The van der Waals surface area contributed by atoms with Gasteiger partial charge in [-0.25, -0.2) is 4.79 Å². The number of amides is 1. The van der Waals surface area contributed by atoms with E-state index in [1.54, 1.807) is 49.6 Å². The Morgan fingerprint density at radius 3 is 2.44 bits per heavy atom. The lowest BCUT2D eigenvalue weighted by Gasteiger charge is -2.21. The third-order valence-corrected chi connectivity index (χ3v) is 5.35. The van der Waals surface area contributed by atoms with Crippen LogP contribution in [0.5, 0.6) is 5.75 Å². The highest BCUT2D eigenvalue weighted by Gasteiger charge is 2.25. The Morgan fingerprint density at radius 1 is 1.11 bits per heavy atom. The van der Waals surface area contributed by atoms with E-state index in [4.69, 9.17) is 9.47 Å². The van der Waals surface area contributed by atoms with Crippen molar-refractivity contribution in [1.29, 1.82) is 0 Å². The number of methoxy groups -OCH3 is 1. The molecule has 3 rings (SSSR count). The average Bonchev–Trinajstić information content (AvgIpc) is 2.68. The molecular weight excluding hydrogens is 366 g/mol. The lowest BCUT2D eigenvalue weighted by molar-refractivity contribution is -0.115. The predicted molar refractivity (Wildman–Crippen MR) is 103 cm³/mol. The fourth-order valence-corrected chi connectivity index (χ4v) is 3.54. The highest BCUT2D eigenvalue weighted by Crippen LogP contribution is 2.36. The predicted octanol–water partition coefficient (Wildman–Crippen LogP) is 3.56. The number of fused-ring (bicyclic) bond motifs is 1. The van der Waals surface area contributed by atoms with Gasteiger partial charge < -0.3 is 14.8 Å². The average molecular weight is 385 g/mol. The molecule has 1 N–H and O–H groups in total. The summed E-state index contributed by atoms with van der Waals surface area (Å²) in [6.07, 6.45) is -0.939. The van der Waals surface area contributed by atoms with Gasteiger partial charge in [-0.1, -0.05) is 0 Å².